The zero-order valence-electron chi connectivity index (χ0n) is 11.8. The zero-order chi connectivity index (χ0) is 16.0. The molecule has 0 aliphatic heterocycles. The van der Waals surface area contributed by atoms with Crippen LogP contribution in [0, 0.1) is 5.82 Å². The molecule has 0 atom stereocenters. The number of rotatable bonds is 8. The molecule has 21 heavy (non-hydrogen) atoms. The second-order valence-corrected chi connectivity index (χ2v) is 6.65. The number of benzene rings is 1. The summed E-state index contributed by atoms with van der Waals surface area (Å²) in [5, 5.41) is 2.94. The Hall–Kier alpha value is -1.21. The van der Waals surface area contributed by atoms with E-state index >= 15 is 0 Å². The van der Waals surface area contributed by atoms with Gasteiger partial charge in [0.1, 0.15) is 10.7 Å². The van der Waals surface area contributed by atoms with Crippen LogP contribution in [0.1, 0.15) is 5.56 Å². The maximum absolute atomic E-state index is 14.4. The van der Waals surface area contributed by atoms with Crippen molar-refractivity contribution in [3.8, 4) is 0 Å². The lowest BCUT2D eigenvalue weighted by atomic mass is 10.2. The number of hydrogen-bond donors (Lipinski definition) is 1. The molecule has 0 bridgehead atoms. The van der Waals surface area contributed by atoms with Crippen molar-refractivity contribution in [3.63, 3.8) is 0 Å². The minimum atomic E-state index is -4.02. The molecule has 0 amide bonds. The highest BCUT2D eigenvalue weighted by Gasteiger charge is 2.27. The highest BCUT2D eigenvalue weighted by Crippen LogP contribution is 2.26. The highest BCUT2D eigenvalue weighted by atomic mass is 35.5. The first-order valence-electron chi connectivity index (χ1n) is 6.23. The maximum atomic E-state index is 14.4. The highest BCUT2D eigenvalue weighted by molar-refractivity contribution is 7.89. The molecule has 0 aliphatic rings. The SMILES string of the molecule is C=CCN(CC=C)S(=O)(=O)c1cc(Cl)cc(CNC)c1F. The molecule has 0 fully saturated rings. The fraction of sp³-hybridized carbons (Fsp3) is 0.286. The molecule has 116 valence electrons. The normalized spacial score (nSPS) is 11.6. The summed E-state index contributed by atoms with van der Waals surface area (Å²) in [6, 6.07) is 2.52. The first kappa shape index (κ1) is 17.8. The summed E-state index contributed by atoms with van der Waals surface area (Å²) in [4.78, 5) is -0.441. The van der Waals surface area contributed by atoms with Crippen molar-refractivity contribution in [2.24, 2.45) is 0 Å². The number of nitrogens with zero attached hydrogens (tertiary/aromatic N) is 1. The molecule has 1 aromatic rings. The molecule has 0 aliphatic carbocycles. The van der Waals surface area contributed by atoms with Crippen molar-refractivity contribution < 1.29 is 12.8 Å². The van der Waals surface area contributed by atoms with Gasteiger partial charge in [-0.3, -0.25) is 0 Å². The predicted octanol–water partition coefficient (Wildman–Crippen LogP) is 2.56. The average molecular weight is 333 g/mol. The van der Waals surface area contributed by atoms with Gasteiger partial charge in [-0.1, -0.05) is 23.8 Å². The largest absolute Gasteiger partial charge is 0.316 e. The molecule has 0 heterocycles. The van der Waals surface area contributed by atoms with Gasteiger partial charge in [-0.25, -0.2) is 12.8 Å². The number of halogens is 2. The molecule has 0 radical (unpaired) electrons. The van der Waals surface area contributed by atoms with Gasteiger partial charge in [-0.2, -0.15) is 4.31 Å². The van der Waals surface area contributed by atoms with Crippen molar-refractivity contribution >= 4 is 21.6 Å². The molecule has 1 N–H and O–H groups in total. The molecule has 4 nitrogen and oxygen atoms in total. The minimum Gasteiger partial charge on any atom is -0.316 e. The molecule has 0 unspecified atom stereocenters. The van der Waals surface area contributed by atoms with Crippen LogP contribution in [0.4, 0.5) is 4.39 Å². The summed E-state index contributed by atoms with van der Waals surface area (Å²) in [6.45, 7) is 7.31. The van der Waals surface area contributed by atoms with E-state index in [-0.39, 0.29) is 30.2 Å². The lowest BCUT2D eigenvalue weighted by molar-refractivity contribution is 0.465. The Bertz CT molecular complexity index is 622. The number of nitrogens with one attached hydrogen (secondary N) is 1. The summed E-state index contributed by atoms with van der Waals surface area (Å²) in [6.07, 6.45) is 2.86. The molecule has 1 rings (SSSR count). The Morgan fingerprint density at radius 3 is 2.38 bits per heavy atom. The quantitative estimate of drug-likeness (QED) is 0.744. The van der Waals surface area contributed by atoms with Crippen LogP contribution in [0.15, 0.2) is 42.3 Å². The fourth-order valence-corrected chi connectivity index (χ4v) is 3.64. The Labute approximate surface area is 130 Å². The van der Waals surface area contributed by atoms with E-state index in [2.05, 4.69) is 18.5 Å². The fourth-order valence-electron chi connectivity index (χ4n) is 1.82. The average Bonchev–Trinajstić information content (AvgIpc) is 2.42. The van der Waals surface area contributed by atoms with E-state index in [1.165, 1.54) is 18.2 Å². The van der Waals surface area contributed by atoms with Gasteiger partial charge in [0.2, 0.25) is 10.0 Å². The van der Waals surface area contributed by atoms with E-state index < -0.39 is 20.7 Å². The summed E-state index contributed by atoms with van der Waals surface area (Å²) >= 11 is 5.90. The van der Waals surface area contributed by atoms with E-state index in [0.29, 0.717) is 0 Å². The first-order valence-corrected chi connectivity index (χ1v) is 8.04. The van der Waals surface area contributed by atoms with Crippen LogP contribution < -0.4 is 5.32 Å². The van der Waals surface area contributed by atoms with Crippen molar-refractivity contribution in [1.82, 2.24) is 9.62 Å². The van der Waals surface area contributed by atoms with E-state index in [1.807, 2.05) is 0 Å². The van der Waals surface area contributed by atoms with Gasteiger partial charge in [0.05, 0.1) is 0 Å². The van der Waals surface area contributed by atoms with Gasteiger partial charge in [0, 0.05) is 30.2 Å². The molecule has 0 saturated carbocycles. The van der Waals surface area contributed by atoms with Crippen LogP contribution in [-0.4, -0.2) is 32.9 Å². The second kappa shape index (κ2) is 7.70. The summed E-state index contributed by atoms with van der Waals surface area (Å²) in [5.41, 5.74) is 0.195. The zero-order valence-corrected chi connectivity index (χ0v) is 13.3. The number of hydrogen-bond acceptors (Lipinski definition) is 3. The Morgan fingerprint density at radius 2 is 1.90 bits per heavy atom. The molecule has 1 aromatic carbocycles. The monoisotopic (exact) mass is 332 g/mol. The summed E-state index contributed by atoms with van der Waals surface area (Å²) < 4.78 is 40.6. The van der Waals surface area contributed by atoms with Gasteiger partial charge >= 0.3 is 0 Å². The smallest absolute Gasteiger partial charge is 0.246 e. The molecule has 0 saturated heterocycles. The Balaban J connectivity index is 3.41. The van der Waals surface area contributed by atoms with Crippen molar-refractivity contribution in [2.45, 2.75) is 11.4 Å². The Morgan fingerprint density at radius 1 is 1.33 bits per heavy atom. The molecule has 0 aromatic heterocycles. The van der Waals surface area contributed by atoms with Crippen LogP contribution in [0.3, 0.4) is 0 Å². The van der Waals surface area contributed by atoms with Gasteiger partial charge in [0.25, 0.3) is 0 Å². The summed E-state index contributed by atoms with van der Waals surface area (Å²) in [7, 11) is -2.38. The van der Waals surface area contributed by atoms with E-state index in [1.54, 1.807) is 7.05 Å². The maximum Gasteiger partial charge on any atom is 0.246 e. The first-order chi connectivity index (χ1) is 9.88. The van der Waals surface area contributed by atoms with Crippen molar-refractivity contribution in [2.75, 3.05) is 20.1 Å². The lowest BCUT2D eigenvalue weighted by Crippen LogP contribution is -2.32. The van der Waals surface area contributed by atoms with Crippen LogP contribution >= 0.6 is 11.6 Å². The van der Waals surface area contributed by atoms with Crippen LogP contribution in [-0.2, 0) is 16.6 Å². The van der Waals surface area contributed by atoms with E-state index in [0.717, 1.165) is 10.4 Å². The predicted molar refractivity (Wildman–Crippen MR) is 83.3 cm³/mol. The standard InChI is InChI=1S/C14H18ClFN2O2S/c1-4-6-18(7-5-2)21(19,20)13-9-12(15)8-11(10-17-3)14(13)16/h4-5,8-9,17H,1-2,6-7,10H2,3H3. The molecule has 7 heteroatoms. The van der Waals surface area contributed by atoms with Crippen LogP contribution in [0.25, 0.3) is 0 Å². The molecule has 0 spiro atoms. The number of sulfonamides is 1. The van der Waals surface area contributed by atoms with Crippen LogP contribution in [0.5, 0.6) is 0 Å². The molecular weight excluding hydrogens is 315 g/mol. The van der Waals surface area contributed by atoms with Gasteiger partial charge in [-0.15, -0.1) is 13.2 Å². The summed E-state index contributed by atoms with van der Waals surface area (Å²) in [5.74, 6) is -0.799. The van der Waals surface area contributed by atoms with E-state index in [4.69, 9.17) is 11.6 Å². The third-order valence-electron chi connectivity index (χ3n) is 2.73. The lowest BCUT2D eigenvalue weighted by Gasteiger charge is -2.20. The van der Waals surface area contributed by atoms with Gasteiger partial charge in [-0.05, 0) is 19.2 Å². The van der Waals surface area contributed by atoms with E-state index in [9.17, 15) is 12.8 Å². The topological polar surface area (TPSA) is 49.4 Å². The second-order valence-electron chi connectivity index (χ2n) is 4.31. The minimum absolute atomic E-state index is 0.0572. The van der Waals surface area contributed by atoms with Gasteiger partial charge in [0.15, 0.2) is 0 Å². The molecular formula is C14H18ClFN2O2S. The van der Waals surface area contributed by atoms with Crippen molar-refractivity contribution in [3.05, 3.63) is 53.8 Å². The van der Waals surface area contributed by atoms with Gasteiger partial charge < -0.3 is 5.32 Å². The Kier molecular flexibility index (Phi) is 6.54. The third-order valence-corrected chi connectivity index (χ3v) is 4.78. The van der Waals surface area contributed by atoms with Crippen molar-refractivity contribution in [1.29, 1.82) is 0 Å². The van der Waals surface area contributed by atoms with Crippen LogP contribution in [0.2, 0.25) is 5.02 Å². The third kappa shape index (κ3) is 4.14.